The fourth-order valence-electron chi connectivity index (χ4n) is 5.48. The first-order valence-electron chi connectivity index (χ1n) is 13.7. The second-order valence-electron chi connectivity index (χ2n) is 10.6. The Hall–Kier alpha value is -3.62. The number of halogens is 3. The molecule has 0 radical (unpaired) electrons. The molecule has 39 heavy (non-hydrogen) atoms. The van der Waals surface area contributed by atoms with Gasteiger partial charge >= 0.3 is 6.18 Å². The van der Waals surface area contributed by atoms with Gasteiger partial charge in [-0.25, -0.2) is 4.98 Å². The number of alkyl halides is 3. The molecule has 2 aromatic carbocycles. The number of anilines is 2. The predicted molar refractivity (Wildman–Crippen MR) is 145 cm³/mol. The molecule has 9 heteroatoms. The van der Waals surface area contributed by atoms with Gasteiger partial charge in [0.1, 0.15) is 5.82 Å². The van der Waals surface area contributed by atoms with Crippen LogP contribution in [0, 0.1) is 5.92 Å². The summed E-state index contributed by atoms with van der Waals surface area (Å²) >= 11 is 0. The third-order valence-corrected chi connectivity index (χ3v) is 7.71. The highest BCUT2D eigenvalue weighted by Gasteiger charge is 2.30. The SMILES string of the molecule is O=C(CCc1ccc(C(F)(F)F)cc1)Nc1ccc2nc(N3CCC(NC(=O)C4CCCCC4)C3)ccc2c1. The highest BCUT2D eigenvalue weighted by atomic mass is 19.4. The lowest BCUT2D eigenvalue weighted by atomic mass is 9.88. The Bertz CT molecular complexity index is 1320. The van der Waals surface area contributed by atoms with Gasteiger partial charge in [0.25, 0.3) is 0 Å². The zero-order valence-corrected chi connectivity index (χ0v) is 21.8. The molecule has 1 saturated carbocycles. The number of aryl methyl sites for hydroxylation is 1. The molecule has 2 N–H and O–H groups in total. The van der Waals surface area contributed by atoms with Crippen LogP contribution in [0.1, 0.15) is 56.1 Å². The van der Waals surface area contributed by atoms with E-state index in [9.17, 15) is 22.8 Å². The Kier molecular flexibility index (Phi) is 8.04. The van der Waals surface area contributed by atoms with Crippen molar-refractivity contribution in [2.45, 2.75) is 63.6 Å². The van der Waals surface area contributed by atoms with Crippen molar-refractivity contribution in [2.75, 3.05) is 23.3 Å². The third-order valence-electron chi connectivity index (χ3n) is 7.71. The summed E-state index contributed by atoms with van der Waals surface area (Å²) in [5.41, 5.74) is 1.42. The van der Waals surface area contributed by atoms with Crippen LogP contribution in [-0.2, 0) is 22.2 Å². The first kappa shape index (κ1) is 27.0. The molecule has 3 aromatic rings. The molecule has 206 valence electrons. The first-order chi connectivity index (χ1) is 18.7. The molecule has 1 aliphatic carbocycles. The first-order valence-corrected chi connectivity index (χ1v) is 13.7. The van der Waals surface area contributed by atoms with Crippen LogP contribution in [0.5, 0.6) is 0 Å². The fraction of sp³-hybridized carbons (Fsp3) is 0.433. The van der Waals surface area contributed by atoms with Gasteiger partial charge in [-0.05, 0) is 73.7 Å². The predicted octanol–water partition coefficient (Wildman–Crippen LogP) is 6.10. The van der Waals surface area contributed by atoms with Gasteiger partial charge in [0.2, 0.25) is 11.8 Å². The van der Waals surface area contributed by atoms with Gasteiger partial charge in [-0.2, -0.15) is 13.2 Å². The summed E-state index contributed by atoms with van der Waals surface area (Å²) in [6.07, 6.45) is 2.54. The van der Waals surface area contributed by atoms with Gasteiger partial charge in [0, 0.05) is 42.5 Å². The van der Waals surface area contributed by atoms with E-state index in [1.165, 1.54) is 18.6 Å². The van der Waals surface area contributed by atoms with Crippen molar-refractivity contribution in [1.29, 1.82) is 0 Å². The lowest BCUT2D eigenvalue weighted by Crippen LogP contribution is -2.41. The molecule has 1 unspecified atom stereocenters. The van der Waals surface area contributed by atoms with Gasteiger partial charge in [-0.3, -0.25) is 9.59 Å². The summed E-state index contributed by atoms with van der Waals surface area (Å²) < 4.78 is 38.2. The van der Waals surface area contributed by atoms with Crippen molar-refractivity contribution < 1.29 is 22.8 Å². The molecule has 1 aromatic heterocycles. The molecule has 2 aliphatic rings. The number of carbonyl (C=O) groups is 2. The summed E-state index contributed by atoms with van der Waals surface area (Å²) in [7, 11) is 0. The minimum Gasteiger partial charge on any atom is -0.354 e. The number of hydrogen-bond acceptors (Lipinski definition) is 4. The molecule has 2 heterocycles. The number of fused-ring (bicyclic) bond motifs is 1. The van der Waals surface area contributed by atoms with E-state index in [1.54, 1.807) is 6.07 Å². The molecule has 1 saturated heterocycles. The minimum absolute atomic E-state index is 0.136. The van der Waals surface area contributed by atoms with Gasteiger partial charge in [0.05, 0.1) is 11.1 Å². The van der Waals surface area contributed by atoms with Gasteiger partial charge in [-0.1, -0.05) is 31.4 Å². The highest BCUT2D eigenvalue weighted by molar-refractivity contribution is 5.94. The van der Waals surface area contributed by atoms with E-state index in [4.69, 9.17) is 4.98 Å². The fourth-order valence-corrected chi connectivity index (χ4v) is 5.48. The molecule has 2 amide bonds. The maximum atomic E-state index is 12.7. The summed E-state index contributed by atoms with van der Waals surface area (Å²) in [5, 5.41) is 7.00. The second kappa shape index (κ2) is 11.6. The Balaban J connectivity index is 1.13. The minimum atomic E-state index is -4.37. The number of rotatable bonds is 7. The number of nitrogens with one attached hydrogen (secondary N) is 2. The third kappa shape index (κ3) is 6.88. The average Bonchev–Trinajstić information content (AvgIpc) is 3.40. The number of aromatic nitrogens is 1. The van der Waals surface area contributed by atoms with Crippen molar-refractivity contribution in [2.24, 2.45) is 5.92 Å². The summed E-state index contributed by atoms with van der Waals surface area (Å²) in [6.45, 7) is 1.57. The molecule has 5 rings (SSSR count). The molecule has 6 nitrogen and oxygen atoms in total. The summed E-state index contributed by atoms with van der Waals surface area (Å²) in [6, 6.07) is 14.5. The van der Waals surface area contributed by atoms with Crippen LogP contribution >= 0.6 is 0 Å². The zero-order valence-electron chi connectivity index (χ0n) is 21.8. The average molecular weight is 539 g/mol. The van der Waals surface area contributed by atoms with Crippen LogP contribution in [0.4, 0.5) is 24.7 Å². The maximum absolute atomic E-state index is 12.7. The second-order valence-corrected chi connectivity index (χ2v) is 10.6. The monoisotopic (exact) mass is 538 g/mol. The molecule has 0 spiro atoms. The number of pyridine rings is 1. The Morgan fingerprint density at radius 1 is 0.949 bits per heavy atom. The van der Waals surface area contributed by atoms with Crippen LogP contribution < -0.4 is 15.5 Å². The Morgan fingerprint density at radius 2 is 1.72 bits per heavy atom. The van der Waals surface area contributed by atoms with Crippen molar-refractivity contribution in [3.05, 3.63) is 65.7 Å². The summed E-state index contributed by atoms with van der Waals surface area (Å²) in [4.78, 5) is 32.1. The molecular weight excluding hydrogens is 505 g/mol. The zero-order chi connectivity index (χ0) is 27.4. The standard InChI is InChI=1S/C30H33F3N4O2/c31-30(32,33)23-10-6-20(7-11-23)8-15-28(38)34-24-12-13-26-22(18-24)9-14-27(36-26)37-17-16-25(19-37)35-29(39)21-4-2-1-3-5-21/h6-7,9-14,18,21,25H,1-5,8,15-17,19H2,(H,34,38)(H,35,39). The topological polar surface area (TPSA) is 74.3 Å². The largest absolute Gasteiger partial charge is 0.416 e. The number of carbonyl (C=O) groups excluding carboxylic acids is 2. The van der Waals surface area contributed by atoms with Crippen molar-refractivity contribution >= 4 is 34.2 Å². The van der Waals surface area contributed by atoms with E-state index in [0.29, 0.717) is 17.7 Å². The van der Waals surface area contributed by atoms with E-state index in [2.05, 4.69) is 15.5 Å². The number of benzene rings is 2. The van der Waals surface area contributed by atoms with Crippen LogP contribution in [0.2, 0.25) is 0 Å². The summed E-state index contributed by atoms with van der Waals surface area (Å²) in [5.74, 6) is 1.01. The lowest BCUT2D eigenvalue weighted by molar-refractivity contribution is -0.137. The number of amides is 2. The highest BCUT2D eigenvalue weighted by Crippen LogP contribution is 2.29. The van der Waals surface area contributed by atoms with Crippen LogP contribution in [0.3, 0.4) is 0 Å². The molecule has 0 bridgehead atoms. The molecule has 2 fully saturated rings. The van der Waals surface area contributed by atoms with Crippen molar-refractivity contribution in [1.82, 2.24) is 10.3 Å². The normalized spacial score (nSPS) is 18.3. The van der Waals surface area contributed by atoms with E-state index in [-0.39, 0.29) is 30.2 Å². The number of hydrogen-bond donors (Lipinski definition) is 2. The smallest absolute Gasteiger partial charge is 0.354 e. The van der Waals surface area contributed by atoms with E-state index < -0.39 is 11.7 Å². The van der Waals surface area contributed by atoms with E-state index >= 15 is 0 Å². The van der Waals surface area contributed by atoms with Gasteiger partial charge in [-0.15, -0.1) is 0 Å². The maximum Gasteiger partial charge on any atom is 0.416 e. The molecular formula is C30H33F3N4O2. The Morgan fingerprint density at radius 3 is 2.46 bits per heavy atom. The van der Waals surface area contributed by atoms with Crippen LogP contribution in [0.15, 0.2) is 54.6 Å². The Labute approximate surface area is 226 Å². The van der Waals surface area contributed by atoms with E-state index in [0.717, 1.165) is 74.0 Å². The molecule has 1 aliphatic heterocycles. The van der Waals surface area contributed by atoms with Crippen LogP contribution in [0.25, 0.3) is 10.9 Å². The van der Waals surface area contributed by atoms with E-state index in [1.807, 2.05) is 24.3 Å². The lowest BCUT2D eigenvalue weighted by Gasteiger charge is -2.23. The number of nitrogens with zero attached hydrogens (tertiary/aromatic N) is 2. The van der Waals surface area contributed by atoms with Crippen molar-refractivity contribution in [3.8, 4) is 0 Å². The van der Waals surface area contributed by atoms with Crippen LogP contribution in [-0.4, -0.2) is 35.9 Å². The van der Waals surface area contributed by atoms with Gasteiger partial charge < -0.3 is 15.5 Å². The molecule has 1 atom stereocenters. The van der Waals surface area contributed by atoms with Gasteiger partial charge in [0.15, 0.2) is 0 Å². The quantitative estimate of drug-likeness (QED) is 0.381. The van der Waals surface area contributed by atoms with Crippen molar-refractivity contribution in [3.63, 3.8) is 0 Å².